The summed E-state index contributed by atoms with van der Waals surface area (Å²) >= 11 is 0. The Kier molecular flexibility index (Phi) is 7.94. The Balaban J connectivity index is 1.35. The summed E-state index contributed by atoms with van der Waals surface area (Å²) in [5, 5.41) is 12.4. The molecule has 0 radical (unpaired) electrons. The number of fused-ring (bicyclic) bond motifs is 1. The zero-order chi connectivity index (χ0) is 26.5. The Morgan fingerprint density at radius 1 is 1.13 bits per heavy atom. The molecule has 200 valence electrons. The third-order valence-electron chi connectivity index (χ3n) is 6.83. The van der Waals surface area contributed by atoms with E-state index in [1.807, 2.05) is 48.4 Å². The van der Waals surface area contributed by atoms with Gasteiger partial charge in [0.05, 0.1) is 31.5 Å². The Hall–Kier alpha value is -3.83. The second kappa shape index (κ2) is 11.7. The first-order valence-corrected chi connectivity index (χ1v) is 13.1. The number of hydrogen-bond acceptors (Lipinski definition) is 8. The molecule has 4 aromatic rings. The SMILES string of the molecule is CC(C)c1cnn2c(NCc3ccccc3-n3cccn3)nc(CC(=O)N(C)CCN3CCOCC3)nc12. The maximum Gasteiger partial charge on any atom is 0.230 e. The van der Waals surface area contributed by atoms with Crippen molar-refractivity contribution < 1.29 is 9.53 Å². The molecule has 1 aromatic carbocycles. The lowest BCUT2D eigenvalue weighted by Crippen LogP contribution is -2.42. The molecule has 11 heteroatoms. The summed E-state index contributed by atoms with van der Waals surface area (Å²) in [6.45, 7) is 9.50. The summed E-state index contributed by atoms with van der Waals surface area (Å²) in [6.07, 6.45) is 5.63. The van der Waals surface area contributed by atoms with Gasteiger partial charge in [0.1, 0.15) is 5.82 Å². The van der Waals surface area contributed by atoms with Gasteiger partial charge in [0.25, 0.3) is 0 Å². The average molecular weight is 518 g/mol. The van der Waals surface area contributed by atoms with Gasteiger partial charge in [0.2, 0.25) is 11.9 Å². The van der Waals surface area contributed by atoms with Crippen LogP contribution in [0.1, 0.15) is 36.7 Å². The molecule has 5 rings (SSSR count). The molecule has 11 nitrogen and oxygen atoms in total. The molecule has 1 fully saturated rings. The summed E-state index contributed by atoms with van der Waals surface area (Å²) in [4.78, 5) is 26.7. The van der Waals surface area contributed by atoms with Crippen LogP contribution in [0.4, 0.5) is 5.95 Å². The summed E-state index contributed by atoms with van der Waals surface area (Å²) in [5.41, 5.74) is 3.77. The standard InChI is InChI=1S/C27H35N9O2/c1-20(2)22-19-30-36-26(22)31-24(17-25(37)33(3)11-12-34-13-15-38-16-14-34)32-27(36)28-18-21-7-4-5-8-23(21)35-10-6-9-29-35/h4-10,19-20H,11-18H2,1-3H3,(H,28,31,32). The van der Waals surface area contributed by atoms with Crippen LogP contribution in [0.2, 0.25) is 0 Å². The molecule has 1 aliphatic heterocycles. The fraction of sp³-hybridized carbons (Fsp3) is 0.444. The van der Waals surface area contributed by atoms with Crippen molar-refractivity contribution in [3.05, 3.63) is 65.9 Å². The van der Waals surface area contributed by atoms with Crippen LogP contribution in [0.3, 0.4) is 0 Å². The quantitative estimate of drug-likeness (QED) is 0.342. The van der Waals surface area contributed by atoms with Crippen molar-refractivity contribution in [3.8, 4) is 5.69 Å². The van der Waals surface area contributed by atoms with E-state index in [2.05, 4.69) is 40.3 Å². The number of carbonyl (C=O) groups is 1. The first-order valence-electron chi connectivity index (χ1n) is 13.1. The molecule has 38 heavy (non-hydrogen) atoms. The molecule has 1 saturated heterocycles. The van der Waals surface area contributed by atoms with Crippen molar-refractivity contribution in [2.24, 2.45) is 0 Å². The second-order valence-corrected chi connectivity index (χ2v) is 9.83. The number of hydrogen-bond donors (Lipinski definition) is 1. The van der Waals surface area contributed by atoms with Crippen molar-refractivity contribution in [2.75, 3.05) is 51.8 Å². The Labute approximate surface area is 222 Å². The maximum absolute atomic E-state index is 13.1. The van der Waals surface area contributed by atoms with Crippen LogP contribution in [-0.2, 0) is 22.5 Å². The number of morpholine rings is 1. The molecule has 0 saturated carbocycles. The predicted molar refractivity (Wildman–Crippen MR) is 144 cm³/mol. The molecule has 4 heterocycles. The number of rotatable bonds is 10. The van der Waals surface area contributed by atoms with Gasteiger partial charge in [-0.3, -0.25) is 9.69 Å². The lowest BCUT2D eigenvalue weighted by molar-refractivity contribution is -0.129. The fourth-order valence-electron chi connectivity index (χ4n) is 4.52. The van der Waals surface area contributed by atoms with Gasteiger partial charge in [-0.25, -0.2) is 9.67 Å². The van der Waals surface area contributed by atoms with E-state index in [4.69, 9.17) is 14.7 Å². The van der Waals surface area contributed by atoms with E-state index >= 15 is 0 Å². The highest BCUT2D eigenvalue weighted by Gasteiger charge is 2.19. The van der Waals surface area contributed by atoms with Gasteiger partial charge in [-0.05, 0) is 23.6 Å². The van der Waals surface area contributed by atoms with Crippen LogP contribution in [0.5, 0.6) is 0 Å². The molecule has 1 N–H and O–H groups in total. The zero-order valence-corrected chi connectivity index (χ0v) is 22.2. The smallest absolute Gasteiger partial charge is 0.230 e. The summed E-state index contributed by atoms with van der Waals surface area (Å²) < 4.78 is 8.98. The van der Waals surface area contributed by atoms with E-state index in [1.165, 1.54) is 0 Å². The van der Waals surface area contributed by atoms with Gasteiger partial charge in [0.15, 0.2) is 5.65 Å². The minimum absolute atomic E-state index is 0.0109. The Morgan fingerprint density at radius 2 is 1.95 bits per heavy atom. The molecule has 0 unspecified atom stereocenters. The van der Waals surface area contributed by atoms with Crippen molar-refractivity contribution >= 4 is 17.5 Å². The number of anilines is 1. The Bertz CT molecular complexity index is 1360. The van der Waals surface area contributed by atoms with Crippen LogP contribution in [-0.4, -0.2) is 91.5 Å². The highest BCUT2D eigenvalue weighted by molar-refractivity contribution is 5.78. The van der Waals surface area contributed by atoms with Crippen molar-refractivity contribution in [3.63, 3.8) is 0 Å². The molecular formula is C27H35N9O2. The van der Waals surface area contributed by atoms with Gasteiger partial charge in [-0.1, -0.05) is 32.0 Å². The second-order valence-electron chi connectivity index (χ2n) is 9.83. The van der Waals surface area contributed by atoms with Gasteiger partial charge in [-0.2, -0.15) is 19.7 Å². The monoisotopic (exact) mass is 517 g/mol. The number of likely N-dealkylation sites (N-methyl/N-ethyl adjacent to an activating group) is 1. The van der Waals surface area contributed by atoms with Gasteiger partial charge in [0, 0.05) is 57.7 Å². The molecule has 1 aliphatic rings. The zero-order valence-electron chi connectivity index (χ0n) is 22.2. The largest absolute Gasteiger partial charge is 0.379 e. The van der Waals surface area contributed by atoms with Gasteiger partial charge in [-0.15, -0.1) is 0 Å². The number of amides is 1. The summed E-state index contributed by atoms with van der Waals surface area (Å²) in [5.74, 6) is 1.25. The lowest BCUT2D eigenvalue weighted by Gasteiger charge is -2.28. The first kappa shape index (κ1) is 25.8. The molecule has 0 bridgehead atoms. The number of aromatic nitrogens is 6. The molecule has 1 amide bonds. The van der Waals surface area contributed by atoms with Gasteiger partial charge < -0.3 is 15.0 Å². The third kappa shape index (κ3) is 5.84. The van der Waals surface area contributed by atoms with E-state index < -0.39 is 0 Å². The number of para-hydroxylation sites is 1. The highest BCUT2D eigenvalue weighted by atomic mass is 16.5. The van der Waals surface area contributed by atoms with Crippen LogP contribution in [0.25, 0.3) is 11.3 Å². The normalized spacial score (nSPS) is 14.3. The number of ether oxygens (including phenoxy) is 1. The highest BCUT2D eigenvalue weighted by Crippen LogP contribution is 2.22. The molecule has 0 atom stereocenters. The van der Waals surface area contributed by atoms with E-state index in [1.54, 1.807) is 15.6 Å². The van der Waals surface area contributed by atoms with E-state index in [9.17, 15) is 4.79 Å². The predicted octanol–water partition coefficient (Wildman–Crippen LogP) is 2.38. The van der Waals surface area contributed by atoms with Crippen LogP contribution < -0.4 is 5.32 Å². The first-order chi connectivity index (χ1) is 18.5. The summed E-state index contributed by atoms with van der Waals surface area (Å²) in [6, 6.07) is 9.98. The minimum atomic E-state index is -0.0109. The molecule has 0 aliphatic carbocycles. The number of benzene rings is 1. The van der Waals surface area contributed by atoms with Crippen LogP contribution in [0.15, 0.2) is 48.9 Å². The van der Waals surface area contributed by atoms with Crippen LogP contribution in [0, 0.1) is 0 Å². The maximum atomic E-state index is 13.1. The number of nitrogens with one attached hydrogen (secondary N) is 1. The Morgan fingerprint density at radius 3 is 2.71 bits per heavy atom. The molecule has 0 spiro atoms. The van der Waals surface area contributed by atoms with Crippen molar-refractivity contribution in [2.45, 2.75) is 32.7 Å². The molecule has 3 aromatic heterocycles. The van der Waals surface area contributed by atoms with Gasteiger partial charge >= 0.3 is 0 Å². The molecular weight excluding hydrogens is 482 g/mol. The van der Waals surface area contributed by atoms with E-state index in [-0.39, 0.29) is 18.2 Å². The minimum Gasteiger partial charge on any atom is -0.379 e. The number of nitrogens with zero attached hydrogens (tertiary/aromatic N) is 8. The van der Waals surface area contributed by atoms with Crippen molar-refractivity contribution in [1.29, 1.82) is 0 Å². The topological polar surface area (TPSA) is 106 Å². The third-order valence-corrected chi connectivity index (χ3v) is 6.83. The average Bonchev–Trinajstić information content (AvgIpc) is 3.62. The fourth-order valence-corrected chi connectivity index (χ4v) is 4.52. The van der Waals surface area contributed by atoms with E-state index in [0.29, 0.717) is 24.9 Å². The van der Waals surface area contributed by atoms with Crippen molar-refractivity contribution in [1.82, 2.24) is 39.2 Å². The summed E-state index contributed by atoms with van der Waals surface area (Å²) in [7, 11) is 1.84. The lowest BCUT2D eigenvalue weighted by atomic mass is 10.1. The van der Waals surface area contributed by atoms with E-state index in [0.717, 1.165) is 55.3 Å². The number of carbonyl (C=O) groups excluding carboxylic acids is 1. The van der Waals surface area contributed by atoms with Crippen LogP contribution >= 0.6 is 0 Å².